The van der Waals surface area contributed by atoms with Gasteiger partial charge in [-0.05, 0) is 33.0 Å². The van der Waals surface area contributed by atoms with Gasteiger partial charge >= 0.3 is 0 Å². The summed E-state index contributed by atoms with van der Waals surface area (Å²) in [5.41, 5.74) is 0.906. The van der Waals surface area contributed by atoms with Crippen LogP contribution in [0.25, 0.3) is 10.9 Å². The summed E-state index contributed by atoms with van der Waals surface area (Å²) in [6.07, 6.45) is 0.968. The molecule has 1 aromatic carbocycles. The average molecular weight is 403 g/mol. The summed E-state index contributed by atoms with van der Waals surface area (Å²) in [6.45, 7) is 8.79. The molecule has 1 saturated heterocycles. The van der Waals surface area contributed by atoms with Crippen molar-refractivity contribution >= 4 is 28.6 Å². The van der Waals surface area contributed by atoms with Crippen LogP contribution in [-0.2, 0) is 11.3 Å². The number of nitrogens with zero attached hydrogens (tertiary/aromatic N) is 3. The van der Waals surface area contributed by atoms with Gasteiger partial charge in [-0.2, -0.15) is 0 Å². The summed E-state index contributed by atoms with van der Waals surface area (Å²) < 4.78 is 1.76. The highest BCUT2D eigenvalue weighted by molar-refractivity contribution is 8.00. The molecule has 0 unspecified atom stereocenters. The first-order valence-electron chi connectivity index (χ1n) is 10.0. The minimum atomic E-state index is -0.0173. The second-order valence-corrected chi connectivity index (χ2v) is 8.26. The molecule has 1 amide bonds. The number of piperazine rings is 1. The molecule has 1 N–H and O–H groups in total. The van der Waals surface area contributed by atoms with Crippen LogP contribution in [-0.4, -0.2) is 72.3 Å². The number of para-hydroxylation sites is 1. The van der Waals surface area contributed by atoms with Gasteiger partial charge in [-0.1, -0.05) is 18.2 Å². The van der Waals surface area contributed by atoms with Crippen molar-refractivity contribution in [3.8, 4) is 0 Å². The minimum absolute atomic E-state index is 0.0173. The van der Waals surface area contributed by atoms with Crippen LogP contribution in [0.5, 0.6) is 0 Å². The summed E-state index contributed by atoms with van der Waals surface area (Å²) in [7, 11) is 2.16. The van der Waals surface area contributed by atoms with Crippen molar-refractivity contribution in [3.63, 3.8) is 0 Å². The topological polar surface area (TPSA) is 57.6 Å². The zero-order chi connectivity index (χ0) is 19.9. The van der Waals surface area contributed by atoms with Gasteiger partial charge in [0, 0.05) is 55.6 Å². The maximum absolute atomic E-state index is 12.4. The number of hydrogen-bond donors (Lipinski definition) is 1. The number of benzene rings is 1. The van der Waals surface area contributed by atoms with Crippen LogP contribution in [0, 0.1) is 0 Å². The molecule has 0 atom stereocenters. The zero-order valence-electron chi connectivity index (χ0n) is 16.8. The van der Waals surface area contributed by atoms with E-state index in [2.05, 4.69) is 22.2 Å². The third kappa shape index (κ3) is 5.37. The highest BCUT2D eigenvalue weighted by Crippen LogP contribution is 2.26. The largest absolute Gasteiger partial charge is 0.355 e. The third-order valence-electron chi connectivity index (χ3n) is 5.23. The van der Waals surface area contributed by atoms with E-state index in [1.54, 1.807) is 10.6 Å². The number of amides is 1. The Bertz CT molecular complexity index is 859. The Labute approximate surface area is 170 Å². The summed E-state index contributed by atoms with van der Waals surface area (Å²) in [4.78, 5) is 30.2. The highest BCUT2D eigenvalue weighted by Gasteiger charge is 2.13. The van der Waals surface area contributed by atoms with E-state index in [0.29, 0.717) is 18.8 Å². The van der Waals surface area contributed by atoms with Gasteiger partial charge in [-0.25, -0.2) is 0 Å². The van der Waals surface area contributed by atoms with Crippen molar-refractivity contribution in [1.82, 2.24) is 19.7 Å². The molecular weight excluding hydrogens is 372 g/mol. The molecule has 0 radical (unpaired) electrons. The summed E-state index contributed by atoms with van der Waals surface area (Å²) in [6, 6.07) is 9.53. The Hall–Kier alpha value is -1.83. The van der Waals surface area contributed by atoms with E-state index in [9.17, 15) is 9.59 Å². The van der Waals surface area contributed by atoms with Crippen molar-refractivity contribution in [2.24, 2.45) is 0 Å². The number of likely N-dealkylation sites (N-methyl/N-ethyl adjacent to an activating group) is 1. The van der Waals surface area contributed by atoms with E-state index in [1.807, 2.05) is 31.2 Å². The maximum atomic E-state index is 12.4. The van der Waals surface area contributed by atoms with Gasteiger partial charge in [-0.15, -0.1) is 11.8 Å². The van der Waals surface area contributed by atoms with E-state index >= 15 is 0 Å². The number of nitrogens with one attached hydrogen (secondary N) is 1. The zero-order valence-corrected chi connectivity index (χ0v) is 17.6. The SMILES string of the molecule is CCn1c(=O)cc(SCC(=O)NCCCN2CCN(C)CC2)c2ccccc21. The Morgan fingerprint density at radius 1 is 1.18 bits per heavy atom. The molecule has 3 rings (SSSR count). The fraction of sp³-hybridized carbons (Fsp3) is 0.524. The molecular formula is C21H30N4O2S. The van der Waals surface area contributed by atoms with Crippen LogP contribution in [0.3, 0.4) is 0 Å². The fourth-order valence-corrected chi connectivity index (χ4v) is 4.45. The number of carbonyl (C=O) groups excluding carboxylic acids is 1. The quantitative estimate of drug-likeness (QED) is 0.540. The smallest absolute Gasteiger partial charge is 0.252 e. The van der Waals surface area contributed by atoms with Gasteiger partial charge in [0.05, 0.1) is 11.3 Å². The van der Waals surface area contributed by atoms with Crippen LogP contribution in [0.2, 0.25) is 0 Å². The minimum Gasteiger partial charge on any atom is -0.355 e. The highest BCUT2D eigenvalue weighted by atomic mass is 32.2. The molecule has 1 aliphatic heterocycles. The lowest BCUT2D eigenvalue weighted by molar-refractivity contribution is -0.118. The molecule has 28 heavy (non-hydrogen) atoms. The van der Waals surface area contributed by atoms with E-state index in [-0.39, 0.29) is 11.5 Å². The first-order valence-corrected chi connectivity index (χ1v) is 11.0. The van der Waals surface area contributed by atoms with E-state index < -0.39 is 0 Å². The van der Waals surface area contributed by atoms with Gasteiger partial charge < -0.3 is 19.7 Å². The molecule has 2 heterocycles. The third-order valence-corrected chi connectivity index (χ3v) is 6.28. The van der Waals surface area contributed by atoms with Crippen LogP contribution in [0.1, 0.15) is 13.3 Å². The van der Waals surface area contributed by atoms with Crippen molar-refractivity contribution in [2.45, 2.75) is 24.8 Å². The first kappa shape index (κ1) is 20.9. The Kier molecular flexibility index (Phi) is 7.53. The molecule has 1 fully saturated rings. The molecule has 152 valence electrons. The number of fused-ring (bicyclic) bond motifs is 1. The number of carbonyl (C=O) groups is 1. The van der Waals surface area contributed by atoms with Crippen molar-refractivity contribution in [1.29, 1.82) is 0 Å². The molecule has 0 saturated carbocycles. The average Bonchev–Trinajstić information content (AvgIpc) is 2.71. The molecule has 1 aliphatic rings. The van der Waals surface area contributed by atoms with Gasteiger partial charge in [0.2, 0.25) is 5.91 Å². The summed E-state index contributed by atoms with van der Waals surface area (Å²) in [5, 5.41) is 4.03. The van der Waals surface area contributed by atoms with Crippen LogP contribution in [0.4, 0.5) is 0 Å². The number of pyridine rings is 1. The van der Waals surface area contributed by atoms with Gasteiger partial charge in [0.25, 0.3) is 5.56 Å². The van der Waals surface area contributed by atoms with Crippen LogP contribution < -0.4 is 10.9 Å². The predicted octanol–water partition coefficient (Wildman–Crippen LogP) is 1.87. The van der Waals surface area contributed by atoms with Crippen molar-refractivity contribution < 1.29 is 4.79 Å². The van der Waals surface area contributed by atoms with Crippen molar-refractivity contribution in [3.05, 3.63) is 40.7 Å². The second-order valence-electron chi connectivity index (χ2n) is 7.25. The van der Waals surface area contributed by atoms with Crippen LogP contribution in [0.15, 0.2) is 40.0 Å². The standard InChI is InChI=1S/C21H30N4O2S/c1-3-25-18-8-5-4-7-17(18)19(15-21(25)27)28-16-20(26)22-9-6-10-24-13-11-23(2)12-14-24/h4-5,7-8,15H,3,6,9-14,16H2,1-2H3,(H,22,26). The van der Waals surface area contributed by atoms with Gasteiger partial charge in [0.15, 0.2) is 0 Å². The lowest BCUT2D eigenvalue weighted by atomic mass is 10.2. The normalized spacial score (nSPS) is 15.8. The van der Waals surface area contributed by atoms with Crippen LogP contribution >= 0.6 is 11.8 Å². The van der Waals surface area contributed by atoms with Gasteiger partial charge in [-0.3, -0.25) is 9.59 Å². The van der Waals surface area contributed by atoms with Crippen molar-refractivity contribution in [2.75, 3.05) is 52.1 Å². The number of aromatic nitrogens is 1. The molecule has 2 aromatic rings. The first-order chi connectivity index (χ1) is 13.6. The Balaban J connectivity index is 1.48. The number of rotatable bonds is 8. The fourth-order valence-electron chi connectivity index (χ4n) is 3.55. The Morgan fingerprint density at radius 2 is 1.93 bits per heavy atom. The Morgan fingerprint density at radius 3 is 2.68 bits per heavy atom. The maximum Gasteiger partial charge on any atom is 0.252 e. The van der Waals surface area contributed by atoms with Gasteiger partial charge in [0.1, 0.15) is 0 Å². The monoisotopic (exact) mass is 402 g/mol. The molecule has 0 aliphatic carbocycles. The molecule has 0 bridgehead atoms. The summed E-state index contributed by atoms with van der Waals surface area (Å²) in [5.74, 6) is 0.348. The summed E-state index contributed by atoms with van der Waals surface area (Å²) >= 11 is 1.44. The second kappa shape index (κ2) is 10.1. The number of aryl methyl sites for hydroxylation is 1. The van der Waals surface area contributed by atoms with E-state index in [1.165, 1.54) is 11.8 Å². The number of hydrogen-bond acceptors (Lipinski definition) is 5. The molecule has 6 nitrogen and oxygen atoms in total. The number of thioether (sulfide) groups is 1. The molecule has 0 spiro atoms. The predicted molar refractivity (Wildman–Crippen MR) is 116 cm³/mol. The molecule has 7 heteroatoms. The lowest BCUT2D eigenvalue weighted by Gasteiger charge is -2.32. The van der Waals surface area contributed by atoms with E-state index in [4.69, 9.17) is 0 Å². The van der Waals surface area contributed by atoms with E-state index in [0.717, 1.165) is 54.9 Å². The molecule has 1 aromatic heterocycles. The lowest BCUT2D eigenvalue weighted by Crippen LogP contribution is -2.45.